The maximum absolute atomic E-state index is 12.3. The second-order valence-corrected chi connectivity index (χ2v) is 7.72. The zero-order chi connectivity index (χ0) is 20.5. The number of nitrogens with one attached hydrogen (secondary N) is 1. The van der Waals surface area contributed by atoms with E-state index in [4.69, 9.17) is 4.74 Å². The van der Waals surface area contributed by atoms with Crippen molar-refractivity contribution in [2.45, 2.75) is 46.3 Å². The first-order valence-electron chi connectivity index (χ1n) is 9.16. The minimum absolute atomic E-state index is 0.0808. The lowest BCUT2D eigenvalue weighted by Gasteiger charge is -2.27. The first-order valence-corrected chi connectivity index (χ1v) is 9.16. The molecule has 0 aliphatic rings. The summed E-state index contributed by atoms with van der Waals surface area (Å²) in [4.78, 5) is 14.3. The number of nitrogens with zero attached hydrogens (tertiary/aromatic N) is 5. The van der Waals surface area contributed by atoms with E-state index in [0.29, 0.717) is 23.0 Å². The van der Waals surface area contributed by atoms with E-state index in [1.807, 2.05) is 57.8 Å². The van der Waals surface area contributed by atoms with Crippen LogP contribution in [0.5, 0.6) is 0 Å². The Morgan fingerprint density at radius 2 is 1.89 bits per heavy atom. The zero-order valence-corrected chi connectivity index (χ0v) is 17.1. The summed E-state index contributed by atoms with van der Waals surface area (Å²) >= 11 is 0. The Balaban J connectivity index is 1.97. The third-order valence-corrected chi connectivity index (χ3v) is 4.37. The van der Waals surface area contributed by atoms with Gasteiger partial charge in [0.2, 0.25) is 5.65 Å². The number of aromatic nitrogens is 4. The summed E-state index contributed by atoms with van der Waals surface area (Å²) in [5, 5.41) is 15.6. The van der Waals surface area contributed by atoms with Crippen molar-refractivity contribution in [3.63, 3.8) is 0 Å². The van der Waals surface area contributed by atoms with Crippen molar-refractivity contribution in [1.29, 1.82) is 0 Å². The van der Waals surface area contributed by atoms with Crippen LogP contribution < -0.4 is 10.2 Å². The van der Waals surface area contributed by atoms with Crippen molar-refractivity contribution in [2.24, 2.45) is 0 Å². The van der Waals surface area contributed by atoms with E-state index < -0.39 is 11.7 Å². The Hall–Kier alpha value is -3.16. The second-order valence-electron chi connectivity index (χ2n) is 7.72. The van der Waals surface area contributed by atoms with Gasteiger partial charge in [-0.25, -0.2) is 4.79 Å². The van der Waals surface area contributed by atoms with Crippen molar-refractivity contribution in [3.8, 4) is 0 Å². The third-order valence-electron chi connectivity index (χ3n) is 4.37. The number of carbonyl (C=O) groups is 1. The van der Waals surface area contributed by atoms with Gasteiger partial charge in [-0.05, 0) is 40.2 Å². The van der Waals surface area contributed by atoms with Crippen LogP contribution in [0.1, 0.15) is 45.1 Å². The molecule has 3 aromatic rings. The lowest BCUT2D eigenvalue weighted by atomic mass is 10.1. The zero-order valence-electron chi connectivity index (χ0n) is 17.1. The van der Waals surface area contributed by atoms with Crippen LogP contribution in [0.15, 0.2) is 36.4 Å². The number of hydrogen-bond acceptors (Lipinski definition) is 6. The normalized spacial score (nSPS) is 12.6. The molecule has 0 spiro atoms. The van der Waals surface area contributed by atoms with Crippen molar-refractivity contribution in [3.05, 3.63) is 47.8 Å². The monoisotopic (exact) mass is 382 g/mol. The molecule has 1 atom stereocenters. The third kappa shape index (κ3) is 4.21. The predicted octanol–water partition coefficient (Wildman–Crippen LogP) is 3.98. The quantitative estimate of drug-likeness (QED) is 0.735. The van der Waals surface area contributed by atoms with Gasteiger partial charge in [0.1, 0.15) is 5.60 Å². The smallest absolute Gasteiger partial charge is 0.412 e. The topological polar surface area (TPSA) is 84.6 Å². The number of hydrogen-bond donors (Lipinski definition) is 1. The maximum Gasteiger partial charge on any atom is 0.412 e. The van der Waals surface area contributed by atoms with E-state index in [0.717, 1.165) is 5.56 Å². The number of aryl methyl sites for hydroxylation is 1. The molecule has 2 aromatic heterocycles. The van der Waals surface area contributed by atoms with Gasteiger partial charge in [0.25, 0.3) is 0 Å². The molecule has 0 fully saturated rings. The molecule has 0 aliphatic heterocycles. The van der Waals surface area contributed by atoms with Crippen LogP contribution in [0, 0.1) is 6.92 Å². The molecule has 1 N–H and O–H groups in total. The molecular weight excluding hydrogens is 356 g/mol. The number of amides is 1. The van der Waals surface area contributed by atoms with Crippen LogP contribution in [0.2, 0.25) is 0 Å². The van der Waals surface area contributed by atoms with Crippen molar-refractivity contribution in [2.75, 3.05) is 17.3 Å². The largest absolute Gasteiger partial charge is 0.444 e. The molecule has 3 rings (SSSR count). The van der Waals surface area contributed by atoms with Crippen LogP contribution in [0.4, 0.5) is 16.3 Å². The van der Waals surface area contributed by atoms with Gasteiger partial charge < -0.3 is 9.64 Å². The summed E-state index contributed by atoms with van der Waals surface area (Å²) < 4.78 is 6.99. The lowest BCUT2D eigenvalue weighted by molar-refractivity contribution is 0.0636. The lowest BCUT2D eigenvalue weighted by Crippen LogP contribution is -2.28. The van der Waals surface area contributed by atoms with Gasteiger partial charge >= 0.3 is 6.09 Å². The highest BCUT2D eigenvalue weighted by molar-refractivity contribution is 5.90. The second kappa shape index (κ2) is 7.46. The Morgan fingerprint density at radius 1 is 1.21 bits per heavy atom. The fourth-order valence-electron chi connectivity index (χ4n) is 2.80. The van der Waals surface area contributed by atoms with Gasteiger partial charge in [-0.1, -0.05) is 30.3 Å². The van der Waals surface area contributed by atoms with Crippen LogP contribution >= 0.6 is 0 Å². The van der Waals surface area contributed by atoms with E-state index in [1.54, 1.807) is 10.6 Å². The molecule has 0 aliphatic carbocycles. The van der Waals surface area contributed by atoms with Crippen LogP contribution in [-0.4, -0.2) is 38.6 Å². The SMILES string of the molecule is Cc1nnc2c(NC(=O)OC(C)(C)C)cc(N(C)[C@@H](C)c3ccccc3)nn12. The Kier molecular flexibility index (Phi) is 5.22. The Morgan fingerprint density at radius 3 is 2.54 bits per heavy atom. The molecule has 0 saturated heterocycles. The van der Waals surface area contributed by atoms with Crippen LogP contribution in [-0.2, 0) is 4.74 Å². The summed E-state index contributed by atoms with van der Waals surface area (Å²) in [7, 11) is 1.96. The molecule has 8 nitrogen and oxygen atoms in total. The average molecular weight is 382 g/mol. The highest BCUT2D eigenvalue weighted by Gasteiger charge is 2.21. The minimum Gasteiger partial charge on any atom is -0.444 e. The Bertz CT molecular complexity index is 978. The molecule has 0 unspecified atom stereocenters. The van der Waals surface area contributed by atoms with E-state index >= 15 is 0 Å². The van der Waals surface area contributed by atoms with E-state index in [2.05, 4.69) is 39.7 Å². The first kappa shape index (κ1) is 19.6. The summed E-state index contributed by atoms with van der Waals surface area (Å²) in [6.45, 7) is 9.36. The van der Waals surface area contributed by atoms with Crippen LogP contribution in [0.3, 0.4) is 0 Å². The first-order chi connectivity index (χ1) is 13.2. The molecule has 0 saturated carbocycles. The van der Waals surface area contributed by atoms with E-state index in [9.17, 15) is 4.79 Å². The van der Waals surface area contributed by atoms with Crippen molar-refractivity contribution in [1.82, 2.24) is 19.8 Å². The van der Waals surface area contributed by atoms with Crippen molar-refractivity contribution < 1.29 is 9.53 Å². The minimum atomic E-state index is -0.599. The summed E-state index contributed by atoms with van der Waals surface area (Å²) in [6.07, 6.45) is -0.550. The number of rotatable bonds is 4. The number of fused-ring (bicyclic) bond motifs is 1. The maximum atomic E-state index is 12.3. The molecule has 0 bridgehead atoms. The average Bonchev–Trinajstić information content (AvgIpc) is 3.01. The number of carbonyl (C=O) groups excluding carboxylic acids is 1. The van der Waals surface area contributed by atoms with Gasteiger partial charge in [-0.15, -0.1) is 15.3 Å². The molecule has 28 heavy (non-hydrogen) atoms. The summed E-state index contributed by atoms with van der Waals surface area (Å²) in [5.41, 5.74) is 1.52. The van der Waals surface area contributed by atoms with E-state index in [-0.39, 0.29) is 6.04 Å². The number of ether oxygens (including phenoxy) is 1. The number of benzene rings is 1. The Labute approximate surface area is 164 Å². The molecule has 1 aromatic carbocycles. The molecule has 8 heteroatoms. The van der Waals surface area contributed by atoms with Crippen LogP contribution in [0.25, 0.3) is 5.65 Å². The fourth-order valence-corrected chi connectivity index (χ4v) is 2.80. The van der Waals surface area contributed by atoms with Gasteiger partial charge in [0, 0.05) is 13.1 Å². The summed E-state index contributed by atoms with van der Waals surface area (Å²) in [6, 6.07) is 12.0. The molecule has 0 radical (unpaired) electrons. The van der Waals surface area contributed by atoms with Gasteiger partial charge in [-0.3, -0.25) is 5.32 Å². The van der Waals surface area contributed by atoms with Crippen molar-refractivity contribution >= 4 is 23.2 Å². The van der Waals surface area contributed by atoms with Gasteiger partial charge in [-0.2, -0.15) is 4.52 Å². The highest BCUT2D eigenvalue weighted by atomic mass is 16.6. The van der Waals surface area contributed by atoms with Gasteiger partial charge in [0.05, 0.1) is 11.7 Å². The molecular formula is C20H26N6O2. The highest BCUT2D eigenvalue weighted by Crippen LogP contribution is 2.27. The molecule has 148 valence electrons. The predicted molar refractivity (Wildman–Crippen MR) is 109 cm³/mol. The summed E-state index contributed by atoms with van der Waals surface area (Å²) in [5.74, 6) is 1.31. The molecule has 1 amide bonds. The van der Waals surface area contributed by atoms with Gasteiger partial charge in [0.15, 0.2) is 11.6 Å². The molecule has 2 heterocycles. The van der Waals surface area contributed by atoms with E-state index in [1.165, 1.54) is 0 Å². The standard InChI is InChI=1S/C20H26N6O2/c1-13(15-10-8-7-9-11-15)25(6)17-12-16(21-19(27)28-20(3,4)5)18-23-22-14(2)26(18)24-17/h7-13H,1-6H3,(H,21,27)/t13-/m0/s1. The number of anilines is 2. The fraction of sp³-hybridized carbons (Fsp3) is 0.400.